The largest absolute Gasteiger partial charge is 0.432 e. The van der Waals surface area contributed by atoms with Crippen molar-refractivity contribution in [2.75, 3.05) is 6.61 Å². The molecule has 0 aromatic rings. The summed E-state index contributed by atoms with van der Waals surface area (Å²) in [6, 6.07) is 0. The topological polar surface area (TPSA) is 30.8 Å². The second kappa shape index (κ2) is 4.63. The summed E-state index contributed by atoms with van der Waals surface area (Å²) in [5.74, 6) is 0. The lowest BCUT2D eigenvalue weighted by Crippen LogP contribution is -2.23. The van der Waals surface area contributed by atoms with Gasteiger partial charge in [-0.15, -0.1) is 0 Å². The molecular weight excluding hydrogens is 199 g/mol. The van der Waals surface area contributed by atoms with E-state index in [-0.39, 0.29) is 6.42 Å². The summed E-state index contributed by atoms with van der Waals surface area (Å²) in [7, 11) is 0. The summed E-state index contributed by atoms with van der Waals surface area (Å²) in [4.78, 5) is 4.48. The van der Waals surface area contributed by atoms with Crippen LogP contribution in [0.4, 0.5) is 13.2 Å². The fourth-order valence-electron chi connectivity index (χ4n) is 0.971. The molecule has 14 heavy (non-hydrogen) atoms. The van der Waals surface area contributed by atoms with Gasteiger partial charge < -0.3 is 9.57 Å². The summed E-state index contributed by atoms with van der Waals surface area (Å²) in [6.45, 7) is 2.37. The molecule has 0 radical (unpaired) electrons. The molecule has 1 rings (SSSR count). The van der Waals surface area contributed by atoms with Crippen molar-refractivity contribution in [2.24, 2.45) is 5.16 Å². The van der Waals surface area contributed by atoms with E-state index in [0.717, 1.165) is 12.8 Å². The molecule has 3 nitrogen and oxygen atoms in total. The van der Waals surface area contributed by atoms with Crippen LogP contribution in [0.25, 0.3) is 0 Å². The van der Waals surface area contributed by atoms with E-state index >= 15 is 0 Å². The number of unbranched alkanes of at least 4 members (excludes halogenated alkanes) is 1. The summed E-state index contributed by atoms with van der Waals surface area (Å²) in [5.41, 5.74) is -0.904. The van der Waals surface area contributed by atoms with Crippen LogP contribution in [0.3, 0.4) is 0 Å². The van der Waals surface area contributed by atoms with Gasteiger partial charge in [0.15, 0.2) is 5.71 Å². The number of oxime groups is 1. The van der Waals surface area contributed by atoms with Gasteiger partial charge in [0.05, 0.1) is 13.0 Å². The maximum absolute atomic E-state index is 12.1. The number of hydrogen-bond acceptors (Lipinski definition) is 3. The lowest BCUT2D eigenvalue weighted by Gasteiger charge is -2.09. The second-order valence-electron chi connectivity index (χ2n) is 3.00. The molecule has 1 atom stereocenters. The minimum absolute atomic E-state index is 0.312. The Balaban J connectivity index is 2.25. The Morgan fingerprint density at radius 1 is 1.57 bits per heavy atom. The van der Waals surface area contributed by atoms with Crippen LogP contribution in [-0.4, -0.2) is 24.8 Å². The van der Waals surface area contributed by atoms with Crippen molar-refractivity contribution >= 4 is 5.71 Å². The van der Waals surface area contributed by atoms with Gasteiger partial charge in [-0.1, -0.05) is 18.5 Å². The maximum atomic E-state index is 12.1. The first-order chi connectivity index (χ1) is 6.54. The lowest BCUT2D eigenvalue weighted by molar-refractivity contribution is -0.125. The molecule has 82 valence electrons. The van der Waals surface area contributed by atoms with Gasteiger partial charge in [-0.05, 0) is 6.42 Å². The molecule has 0 aliphatic carbocycles. The summed E-state index contributed by atoms with van der Waals surface area (Å²) in [5, 5.41) is 2.93. The van der Waals surface area contributed by atoms with E-state index in [9.17, 15) is 13.2 Å². The summed E-state index contributed by atoms with van der Waals surface area (Å²) in [6.07, 6.45) is -3.84. The average molecular weight is 211 g/mol. The Labute approximate surface area is 79.9 Å². The molecule has 6 heteroatoms. The predicted molar refractivity (Wildman–Crippen MR) is 43.8 cm³/mol. The van der Waals surface area contributed by atoms with Gasteiger partial charge >= 0.3 is 6.18 Å². The van der Waals surface area contributed by atoms with Crippen LogP contribution in [0.2, 0.25) is 0 Å². The normalized spacial score (nSPS) is 22.0. The van der Waals surface area contributed by atoms with E-state index in [1.165, 1.54) is 0 Å². The van der Waals surface area contributed by atoms with Crippen molar-refractivity contribution < 1.29 is 22.7 Å². The van der Waals surface area contributed by atoms with Crippen molar-refractivity contribution in [3.05, 3.63) is 0 Å². The number of alkyl halides is 3. The van der Waals surface area contributed by atoms with E-state index < -0.39 is 18.2 Å². The lowest BCUT2D eigenvalue weighted by atomic mass is 10.2. The van der Waals surface area contributed by atoms with Gasteiger partial charge in [0.25, 0.3) is 0 Å². The summed E-state index contributed by atoms with van der Waals surface area (Å²) >= 11 is 0. The van der Waals surface area contributed by atoms with Gasteiger partial charge in [0.1, 0.15) is 0 Å². The van der Waals surface area contributed by atoms with E-state index in [1.807, 2.05) is 6.92 Å². The fourth-order valence-corrected chi connectivity index (χ4v) is 0.971. The first kappa shape index (κ1) is 11.3. The molecule has 0 N–H and O–H groups in total. The monoisotopic (exact) mass is 211 g/mol. The highest BCUT2D eigenvalue weighted by molar-refractivity contribution is 5.90. The Morgan fingerprint density at radius 2 is 2.29 bits per heavy atom. The highest BCUT2D eigenvalue weighted by Gasteiger charge is 2.41. The third-order valence-corrected chi connectivity index (χ3v) is 1.77. The molecule has 1 heterocycles. The van der Waals surface area contributed by atoms with Gasteiger partial charge in [-0.25, -0.2) is 0 Å². The molecule has 0 aromatic heterocycles. The molecule has 1 aliphatic heterocycles. The Kier molecular flexibility index (Phi) is 3.74. The SMILES string of the molecule is CCCCOC1CC(C(F)(F)F)=NO1. The molecule has 1 unspecified atom stereocenters. The van der Waals surface area contributed by atoms with Gasteiger partial charge in [-0.3, -0.25) is 0 Å². The zero-order chi connectivity index (χ0) is 10.6. The number of halogens is 3. The molecule has 0 spiro atoms. The zero-order valence-corrected chi connectivity index (χ0v) is 7.80. The minimum Gasteiger partial charge on any atom is -0.363 e. The molecule has 0 saturated heterocycles. The number of hydrogen-bond donors (Lipinski definition) is 0. The van der Waals surface area contributed by atoms with Crippen LogP contribution in [0.5, 0.6) is 0 Å². The van der Waals surface area contributed by atoms with Crippen LogP contribution >= 0.6 is 0 Å². The Hall–Kier alpha value is -0.780. The van der Waals surface area contributed by atoms with Crippen molar-refractivity contribution in [1.29, 1.82) is 0 Å². The first-order valence-corrected chi connectivity index (χ1v) is 4.45. The van der Waals surface area contributed by atoms with Gasteiger partial charge in [-0.2, -0.15) is 13.2 Å². The zero-order valence-electron chi connectivity index (χ0n) is 7.80. The molecule has 0 saturated carbocycles. The van der Waals surface area contributed by atoms with E-state index in [2.05, 4.69) is 9.99 Å². The second-order valence-corrected chi connectivity index (χ2v) is 3.00. The van der Waals surface area contributed by atoms with Crippen LogP contribution in [-0.2, 0) is 9.57 Å². The molecule has 0 bridgehead atoms. The maximum Gasteiger partial charge on any atom is 0.432 e. The van der Waals surface area contributed by atoms with Crippen molar-refractivity contribution in [1.82, 2.24) is 0 Å². The molecule has 0 fully saturated rings. The van der Waals surface area contributed by atoms with Crippen LogP contribution in [0.15, 0.2) is 5.16 Å². The van der Waals surface area contributed by atoms with Crippen molar-refractivity contribution in [3.63, 3.8) is 0 Å². The van der Waals surface area contributed by atoms with E-state index in [1.54, 1.807) is 0 Å². The highest BCUT2D eigenvalue weighted by Crippen LogP contribution is 2.25. The Bertz CT molecular complexity index is 215. The quantitative estimate of drug-likeness (QED) is 0.669. The molecular formula is C8H12F3NO2. The minimum atomic E-state index is -4.40. The smallest absolute Gasteiger partial charge is 0.363 e. The molecule has 1 aliphatic rings. The van der Waals surface area contributed by atoms with E-state index in [0.29, 0.717) is 6.61 Å². The molecule has 0 amide bonds. The number of rotatable bonds is 4. The van der Waals surface area contributed by atoms with Crippen molar-refractivity contribution in [2.45, 2.75) is 38.7 Å². The van der Waals surface area contributed by atoms with Gasteiger partial charge in [0, 0.05) is 0 Å². The third kappa shape index (κ3) is 3.17. The highest BCUT2D eigenvalue weighted by atomic mass is 19.4. The third-order valence-electron chi connectivity index (χ3n) is 1.77. The summed E-state index contributed by atoms with van der Waals surface area (Å²) < 4.78 is 41.2. The first-order valence-electron chi connectivity index (χ1n) is 4.45. The molecule has 0 aromatic carbocycles. The average Bonchev–Trinajstić information content (AvgIpc) is 2.52. The number of nitrogens with zero attached hydrogens (tertiary/aromatic N) is 1. The predicted octanol–water partition coefficient (Wildman–Crippen LogP) is 2.47. The standard InChI is InChI=1S/C8H12F3NO2/c1-2-3-4-13-7-5-6(12-14-7)8(9,10)11/h7H,2-5H2,1H3. The van der Waals surface area contributed by atoms with E-state index in [4.69, 9.17) is 4.74 Å². The van der Waals surface area contributed by atoms with Gasteiger partial charge in [0.2, 0.25) is 6.29 Å². The number of ether oxygens (including phenoxy) is 1. The van der Waals surface area contributed by atoms with Crippen LogP contribution in [0, 0.1) is 0 Å². The van der Waals surface area contributed by atoms with Crippen LogP contribution in [0.1, 0.15) is 26.2 Å². The Morgan fingerprint density at radius 3 is 2.79 bits per heavy atom. The fraction of sp³-hybridized carbons (Fsp3) is 0.875. The van der Waals surface area contributed by atoms with Crippen LogP contribution < -0.4 is 0 Å². The van der Waals surface area contributed by atoms with Crippen molar-refractivity contribution in [3.8, 4) is 0 Å².